The molecule has 1 heterocycles. The van der Waals surface area contributed by atoms with Gasteiger partial charge in [-0.3, -0.25) is 4.79 Å². The van der Waals surface area contributed by atoms with Crippen LogP contribution in [0.4, 0.5) is 11.6 Å². The largest absolute Gasteiger partial charge is 0.368 e. The van der Waals surface area contributed by atoms with Crippen molar-refractivity contribution in [2.45, 2.75) is 19.0 Å². The molecule has 1 aromatic carbocycles. The highest BCUT2D eigenvalue weighted by molar-refractivity contribution is 7.99. The summed E-state index contributed by atoms with van der Waals surface area (Å²) in [4.78, 5) is 23.5. The van der Waals surface area contributed by atoms with Crippen molar-refractivity contribution in [3.05, 3.63) is 35.7 Å². The van der Waals surface area contributed by atoms with Gasteiger partial charge in [-0.05, 0) is 25.0 Å². The van der Waals surface area contributed by atoms with Gasteiger partial charge < -0.3 is 11.1 Å². The number of nitrogens with zero attached hydrogens (tertiary/aromatic N) is 3. The smallest absolute Gasteiger partial charge is 0.234 e. The average molecular weight is 289 g/mol. The van der Waals surface area contributed by atoms with Crippen LogP contribution < -0.4 is 11.1 Å². The monoisotopic (exact) mass is 289 g/mol. The van der Waals surface area contributed by atoms with Gasteiger partial charge in [-0.2, -0.15) is 4.98 Å². The maximum atomic E-state index is 11.9. The molecule has 0 unspecified atom stereocenters. The molecule has 1 amide bonds. The summed E-state index contributed by atoms with van der Waals surface area (Å²) in [6.07, 6.45) is 1.33. The summed E-state index contributed by atoms with van der Waals surface area (Å²) in [6, 6.07) is 5.88. The molecule has 0 bridgehead atoms. The van der Waals surface area contributed by atoms with Crippen molar-refractivity contribution in [3.8, 4) is 0 Å². The summed E-state index contributed by atoms with van der Waals surface area (Å²) >= 11 is 1.22. The third-order valence-electron chi connectivity index (χ3n) is 2.65. The van der Waals surface area contributed by atoms with Crippen LogP contribution in [-0.4, -0.2) is 26.6 Å². The molecule has 7 heteroatoms. The number of nitrogens with two attached hydrogens (primary N) is 1. The fraction of sp³-hybridized carbons (Fsp3) is 0.231. The van der Waals surface area contributed by atoms with Gasteiger partial charge in [0.1, 0.15) is 6.33 Å². The Hall–Kier alpha value is -2.15. The number of thioether (sulfide) groups is 1. The van der Waals surface area contributed by atoms with Crippen LogP contribution in [0.15, 0.2) is 29.7 Å². The summed E-state index contributed by atoms with van der Waals surface area (Å²) in [5, 5.41) is 3.34. The quantitative estimate of drug-likeness (QED) is 0.834. The van der Waals surface area contributed by atoms with Gasteiger partial charge in [-0.15, -0.1) is 0 Å². The molecule has 1 aromatic heterocycles. The highest BCUT2D eigenvalue weighted by Crippen LogP contribution is 2.20. The van der Waals surface area contributed by atoms with E-state index < -0.39 is 0 Å². The maximum Gasteiger partial charge on any atom is 0.234 e. The zero-order valence-corrected chi connectivity index (χ0v) is 12.1. The number of nitrogens with one attached hydrogen (secondary N) is 1. The van der Waals surface area contributed by atoms with Crippen LogP contribution in [0.25, 0.3) is 0 Å². The highest BCUT2D eigenvalue weighted by Gasteiger charge is 2.09. The van der Waals surface area contributed by atoms with Gasteiger partial charge in [-0.1, -0.05) is 30.0 Å². The Balaban J connectivity index is 1.96. The predicted octanol–water partition coefficient (Wildman–Crippen LogP) is 1.80. The van der Waals surface area contributed by atoms with E-state index in [2.05, 4.69) is 20.3 Å². The lowest BCUT2D eigenvalue weighted by Gasteiger charge is -2.10. The topological polar surface area (TPSA) is 93.8 Å². The normalized spacial score (nSPS) is 10.3. The second-order valence-electron chi connectivity index (χ2n) is 4.23. The molecule has 0 spiro atoms. The number of amides is 1. The molecule has 6 nitrogen and oxygen atoms in total. The van der Waals surface area contributed by atoms with Gasteiger partial charge in [0.25, 0.3) is 0 Å². The minimum Gasteiger partial charge on any atom is -0.368 e. The molecular formula is C13H15N5OS. The zero-order chi connectivity index (χ0) is 14.5. The van der Waals surface area contributed by atoms with E-state index >= 15 is 0 Å². The summed E-state index contributed by atoms with van der Waals surface area (Å²) in [5.74, 6) is 0.265. The van der Waals surface area contributed by atoms with Gasteiger partial charge in [0, 0.05) is 5.69 Å². The number of hydrogen-bond donors (Lipinski definition) is 2. The fourth-order valence-electron chi connectivity index (χ4n) is 1.68. The number of benzene rings is 1. The summed E-state index contributed by atoms with van der Waals surface area (Å²) in [6.45, 7) is 3.92. The van der Waals surface area contributed by atoms with E-state index in [0.717, 1.165) is 16.8 Å². The Bertz CT molecular complexity index is 612. The Morgan fingerprint density at radius 2 is 2.00 bits per heavy atom. The van der Waals surface area contributed by atoms with Crippen LogP contribution in [0.2, 0.25) is 0 Å². The first-order valence-corrected chi connectivity index (χ1v) is 6.98. The van der Waals surface area contributed by atoms with E-state index in [9.17, 15) is 4.79 Å². The molecule has 0 fully saturated rings. The third-order valence-corrected chi connectivity index (χ3v) is 3.51. The first-order valence-electron chi connectivity index (χ1n) is 5.99. The average Bonchev–Trinajstić information content (AvgIpc) is 2.41. The van der Waals surface area contributed by atoms with Crippen LogP contribution in [0, 0.1) is 13.8 Å². The van der Waals surface area contributed by atoms with Crippen LogP contribution in [0.1, 0.15) is 11.1 Å². The number of carbonyl (C=O) groups is 1. The van der Waals surface area contributed by atoms with Gasteiger partial charge >= 0.3 is 0 Å². The van der Waals surface area contributed by atoms with E-state index in [4.69, 9.17) is 5.73 Å². The van der Waals surface area contributed by atoms with E-state index in [1.54, 1.807) is 0 Å². The van der Waals surface area contributed by atoms with E-state index in [-0.39, 0.29) is 17.6 Å². The van der Waals surface area contributed by atoms with Crippen molar-refractivity contribution in [1.29, 1.82) is 0 Å². The summed E-state index contributed by atoms with van der Waals surface area (Å²) < 4.78 is 0. The van der Waals surface area contributed by atoms with E-state index in [1.165, 1.54) is 18.1 Å². The third kappa shape index (κ3) is 3.67. The number of rotatable bonds is 4. The Labute approximate surface area is 121 Å². The molecule has 2 rings (SSSR count). The lowest BCUT2D eigenvalue weighted by Crippen LogP contribution is -2.16. The molecule has 0 saturated carbocycles. The molecule has 0 aliphatic carbocycles. The molecule has 104 valence electrons. The molecule has 0 aliphatic heterocycles. The predicted molar refractivity (Wildman–Crippen MR) is 79.5 cm³/mol. The first kappa shape index (κ1) is 14.3. The molecule has 20 heavy (non-hydrogen) atoms. The summed E-state index contributed by atoms with van der Waals surface area (Å²) in [5.41, 5.74) is 8.38. The minimum absolute atomic E-state index is 0.105. The van der Waals surface area contributed by atoms with Crippen molar-refractivity contribution < 1.29 is 4.79 Å². The number of aryl methyl sites for hydroxylation is 2. The Morgan fingerprint density at radius 3 is 2.65 bits per heavy atom. The first-order chi connectivity index (χ1) is 9.56. The SMILES string of the molecule is Cc1cccc(C)c1NC(=O)CSc1ncnc(N)n1. The number of para-hydroxylation sites is 1. The van der Waals surface area contributed by atoms with Crippen molar-refractivity contribution in [3.63, 3.8) is 0 Å². The molecule has 0 aliphatic rings. The van der Waals surface area contributed by atoms with Gasteiger partial charge in [0.15, 0.2) is 5.16 Å². The molecule has 0 radical (unpaired) electrons. The number of anilines is 2. The highest BCUT2D eigenvalue weighted by atomic mass is 32.2. The molecule has 0 saturated heterocycles. The van der Waals surface area contributed by atoms with Crippen LogP contribution in [0.5, 0.6) is 0 Å². The number of carbonyl (C=O) groups excluding carboxylic acids is 1. The van der Waals surface area contributed by atoms with Crippen molar-refractivity contribution in [2.24, 2.45) is 0 Å². The van der Waals surface area contributed by atoms with Crippen molar-refractivity contribution in [2.75, 3.05) is 16.8 Å². The van der Waals surface area contributed by atoms with Crippen LogP contribution >= 0.6 is 11.8 Å². The number of nitrogen functional groups attached to an aromatic ring is 1. The van der Waals surface area contributed by atoms with Gasteiger partial charge in [-0.25, -0.2) is 9.97 Å². The van der Waals surface area contributed by atoms with Crippen molar-refractivity contribution >= 4 is 29.3 Å². The van der Waals surface area contributed by atoms with E-state index in [0.29, 0.717) is 5.16 Å². The minimum atomic E-state index is -0.105. The van der Waals surface area contributed by atoms with Crippen molar-refractivity contribution in [1.82, 2.24) is 15.0 Å². The van der Waals surface area contributed by atoms with Gasteiger partial charge in [0.05, 0.1) is 5.75 Å². The molecule has 2 aromatic rings. The standard InChI is InChI=1S/C13H15N5OS/c1-8-4-3-5-9(2)11(8)17-10(19)6-20-13-16-7-15-12(14)18-13/h3-5,7H,6H2,1-2H3,(H,17,19)(H2,14,15,16,18). The van der Waals surface area contributed by atoms with Crippen LogP contribution in [-0.2, 0) is 4.79 Å². The summed E-state index contributed by atoms with van der Waals surface area (Å²) in [7, 11) is 0. The van der Waals surface area contributed by atoms with Crippen LogP contribution in [0.3, 0.4) is 0 Å². The maximum absolute atomic E-state index is 11.9. The zero-order valence-electron chi connectivity index (χ0n) is 11.3. The molecule has 3 N–H and O–H groups in total. The fourth-order valence-corrected chi connectivity index (χ4v) is 2.29. The Morgan fingerprint density at radius 1 is 1.30 bits per heavy atom. The lowest BCUT2D eigenvalue weighted by molar-refractivity contribution is -0.113. The molecular weight excluding hydrogens is 274 g/mol. The van der Waals surface area contributed by atoms with E-state index in [1.807, 2.05) is 32.0 Å². The number of hydrogen-bond acceptors (Lipinski definition) is 6. The lowest BCUT2D eigenvalue weighted by atomic mass is 10.1. The second kappa shape index (κ2) is 6.33. The second-order valence-corrected chi connectivity index (χ2v) is 5.17. The van der Waals surface area contributed by atoms with Gasteiger partial charge in [0.2, 0.25) is 11.9 Å². The number of aromatic nitrogens is 3. The Kier molecular flexibility index (Phi) is 4.52. The molecule has 0 atom stereocenters.